The predicted molar refractivity (Wildman–Crippen MR) is 91.1 cm³/mol. The van der Waals surface area contributed by atoms with Gasteiger partial charge in [-0.25, -0.2) is 8.42 Å². The van der Waals surface area contributed by atoms with E-state index in [1.165, 1.54) is 6.92 Å². The summed E-state index contributed by atoms with van der Waals surface area (Å²) in [5, 5.41) is 10.1. The van der Waals surface area contributed by atoms with Crippen LogP contribution in [0.15, 0.2) is 18.2 Å². The molecule has 1 aliphatic rings. The Bertz CT molecular complexity index is 743. The van der Waals surface area contributed by atoms with Crippen LogP contribution in [0.5, 0.6) is 5.75 Å². The van der Waals surface area contributed by atoms with Crippen molar-refractivity contribution in [3.05, 3.63) is 29.3 Å². The fourth-order valence-corrected chi connectivity index (χ4v) is 3.53. The zero-order valence-corrected chi connectivity index (χ0v) is 14.6. The second-order valence-electron chi connectivity index (χ2n) is 6.30. The summed E-state index contributed by atoms with van der Waals surface area (Å²) in [6.07, 6.45) is 2.15. The van der Waals surface area contributed by atoms with Gasteiger partial charge in [-0.2, -0.15) is 0 Å². The number of Topliss-reactive ketones (excluding diaryl/α,β-unsaturated/α-hetero) is 2. The van der Waals surface area contributed by atoms with Crippen LogP contribution in [-0.2, 0) is 21.1 Å². The zero-order chi connectivity index (χ0) is 17.9. The first-order valence-electron chi connectivity index (χ1n) is 7.84. The minimum Gasteiger partial charge on any atom is -0.535 e. The van der Waals surface area contributed by atoms with Crippen LogP contribution in [0.1, 0.15) is 42.1 Å². The van der Waals surface area contributed by atoms with Gasteiger partial charge in [0, 0.05) is 24.9 Å². The lowest BCUT2D eigenvalue weighted by Crippen LogP contribution is -2.35. The smallest absolute Gasteiger partial charge is 0.526 e. The SMILES string of the molecule is CC(=O)c1cccc2c1OB(O)[C@@H](CC(=O)CCCS(C)(=O)=O)C2. The molecule has 24 heavy (non-hydrogen) atoms. The van der Waals surface area contributed by atoms with E-state index in [-0.39, 0.29) is 36.6 Å². The van der Waals surface area contributed by atoms with Crippen molar-refractivity contribution in [2.75, 3.05) is 12.0 Å². The van der Waals surface area contributed by atoms with Gasteiger partial charge < -0.3 is 9.68 Å². The number of benzene rings is 1. The molecular weight excluding hydrogens is 331 g/mol. The number of carbonyl (C=O) groups is 2. The second kappa shape index (κ2) is 7.48. The van der Waals surface area contributed by atoms with E-state index in [0.29, 0.717) is 17.7 Å². The molecule has 0 bridgehead atoms. The van der Waals surface area contributed by atoms with Gasteiger partial charge >= 0.3 is 7.12 Å². The first kappa shape index (κ1) is 18.7. The van der Waals surface area contributed by atoms with Gasteiger partial charge in [0.2, 0.25) is 0 Å². The molecule has 1 atom stereocenters. The van der Waals surface area contributed by atoms with Crippen LogP contribution in [0, 0.1) is 0 Å². The van der Waals surface area contributed by atoms with Gasteiger partial charge in [0.1, 0.15) is 21.4 Å². The third-order valence-corrected chi connectivity index (χ3v) is 5.09. The van der Waals surface area contributed by atoms with Gasteiger partial charge in [0.25, 0.3) is 0 Å². The van der Waals surface area contributed by atoms with Crippen molar-refractivity contribution in [1.82, 2.24) is 0 Å². The average Bonchev–Trinajstić information content (AvgIpc) is 2.46. The Hall–Kier alpha value is -1.67. The second-order valence-corrected chi connectivity index (χ2v) is 8.56. The molecular formula is C16H21BO6S. The molecule has 130 valence electrons. The molecule has 0 radical (unpaired) electrons. The molecule has 1 N–H and O–H groups in total. The maximum absolute atomic E-state index is 12.0. The summed E-state index contributed by atoms with van der Waals surface area (Å²) < 4.78 is 27.6. The van der Waals surface area contributed by atoms with Gasteiger partial charge in [-0.05, 0) is 31.4 Å². The number of rotatable bonds is 7. The quantitative estimate of drug-likeness (QED) is 0.589. The van der Waals surface area contributed by atoms with E-state index in [9.17, 15) is 23.0 Å². The Labute approximate surface area is 142 Å². The Morgan fingerprint density at radius 1 is 1.38 bits per heavy atom. The first-order valence-corrected chi connectivity index (χ1v) is 9.90. The van der Waals surface area contributed by atoms with Crippen molar-refractivity contribution >= 4 is 28.5 Å². The minimum atomic E-state index is -3.07. The van der Waals surface area contributed by atoms with Crippen LogP contribution in [0.3, 0.4) is 0 Å². The molecule has 1 aromatic carbocycles. The molecule has 6 nitrogen and oxygen atoms in total. The highest BCUT2D eigenvalue weighted by molar-refractivity contribution is 7.90. The van der Waals surface area contributed by atoms with Crippen LogP contribution >= 0.6 is 0 Å². The lowest BCUT2D eigenvalue weighted by atomic mass is 9.64. The molecule has 0 fully saturated rings. The third-order valence-electron chi connectivity index (χ3n) is 4.06. The largest absolute Gasteiger partial charge is 0.535 e. The number of hydrogen-bond donors (Lipinski definition) is 1. The fourth-order valence-electron chi connectivity index (χ4n) is 2.86. The van der Waals surface area contributed by atoms with Gasteiger partial charge in [-0.1, -0.05) is 12.1 Å². The van der Waals surface area contributed by atoms with E-state index < -0.39 is 22.8 Å². The molecule has 0 aliphatic carbocycles. The fraction of sp³-hybridized carbons (Fsp3) is 0.500. The Kier molecular flexibility index (Phi) is 5.82. The Morgan fingerprint density at radius 3 is 2.71 bits per heavy atom. The highest BCUT2D eigenvalue weighted by atomic mass is 32.2. The number of para-hydroxylation sites is 1. The number of carbonyl (C=O) groups excluding carboxylic acids is 2. The van der Waals surface area contributed by atoms with Crippen molar-refractivity contribution in [3.63, 3.8) is 0 Å². The highest BCUT2D eigenvalue weighted by Crippen LogP contribution is 2.36. The zero-order valence-electron chi connectivity index (χ0n) is 13.8. The van der Waals surface area contributed by atoms with Gasteiger partial charge in [-0.3, -0.25) is 9.59 Å². The van der Waals surface area contributed by atoms with E-state index in [1.807, 2.05) is 6.07 Å². The number of sulfone groups is 1. The molecule has 0 spiro atoms. The molecule has 1 aliphatic heterocycles. The van der Waals surface area contributed by atoms with Gasteiger partial charge in [-0.15, -0.1) is 0 Å². The molecule has 1 aromatic rings. The van der Waals surface area contributed by atoms with E-state index in [4.69, 9.17) is 4.65 Å². The summed E-state index contributed by atoms with van der Waals surface area (Å²) in [7, 11) is -4.23. The van der Waals surface area contributed by atoms with Crippen LogP contribution in [0.25, 0.3) is 0 Å². The van der Waals surface area contributed by atoms with E-state index in [0.717, 1.165) is 11.8 Å². The van der Waals surface area contributed by atoms with E-state index in [2.05, 4.69) is 0 Å². The average molecular weight is 352 g/mol. The summed E-state index contributed by atoms with van der Waals surface area (Å²) in [5.41, 5.74) is 1.21. The van der Waals surface area contributed by atoms with E-state index >= 15 is 0 Å². The molecule has 0 saturated carbocycles. The van der Waals surface area contributed by atoms with E-state index in [1.54, 1.807) is 12.1 Å². The lowest BCUT2D eigenvalue weighted by Gasteiger charge is -2.28. The predicted octanol–water partition coefficient (Wildman–Crippen LogP) is 1.46. The summed E-state index contributed by atoms with van der Waals surface area (Å²) in [6, 6.07) is 5.21. The van der Waals surface area contributed by atoms with Crippen LogP contribution in [0.2, 0.25) is 5.82 Å². The summed E-state index contributed by atoms with van der Waals surface area (Å²) in [6.45, 7) is 1.43. The first-order chi connectivity index (χ1) is 11.2. The van der Waals surface area contributed by atoms with Crippen molar-refractivity contribution in [3.8, 4) is 5.75 Å². The standard InChI is InChI=1S/C16H21BO6S/c1-11(18)15-7-3-5-12-9-13(17(20)23-16(12)15)10-14(19)6-4-8-24(2,21)22/h3,5,7,13,20H,4,6,8-10H2,1-2H3/t13-/m1/s1. The summed E-state index contributed by atoms with van der Waals surface area (Å²) in [5.74, 6) is -0.275. The highest BCUT2D eigenvalue weighted by Gasteiger charge is 2.37. The van der Waals surface area contributed by atoms with Crippen molar-refractivity contribution in [1.29, 1.82) is 0 Å². The molecule has 2 rings (SSSR count). The minimum absolute atomic E-state index is 0.0206. The Balaban J connectivity index is 2.00. The van der Waals surface area contributed by atoms with Crippen molar-refractivity contribution < 1.29 is 27.7 Å². The molecule has 1 heterocycles. The summed E-state index contributed by atoms with van der Waals surface area (Å²) in [4.78, 5) is 23.6. The van der Waals surface area contributed by atoms with Crippen LogP contribution < -0.4 is 4.65 Å². The molecule has 0 unspecified atom stereocenters. The number of hydrogen-bond acceptors (Lipinski definition) is 6. The maximum Gasteiger partial charge on any atom is 0.526 e. The number of ketones is 2. The molecule has 0 amide bonds. The molecule has 8 heteroatoms. The summed E-state index contributed by atoms with van der Waals surface area (Å²) >= 11 is 0. The normalized spacial score (nSPS) is 17.1. The van der Waals surface area contributed by atoms with Crippen LogP contribution in [-0.4, -0.2) is 44.1 Å². The lowest BCUT2D eigenvalue weighted by molar-refractivity contribution is -0.119. The topological polar surface area (TPSA) is 97.7 Å². The van der Waals surface area contributed by atoms with Crippen molar-refractivity contribution in [2.45, 2.75) is 38.4 Å². The molecule has 0 aromatic heterocycles. The van der Waals surface area contributed by atoms with Crippen molar-refractivity contribution in [2.24, 2.45) is 0 Å². The molecule has 0 saturated heterocycles. The maximum atomic E-state index is 12.0. The number of fused-ring (bicyclic) bond motifs is 1. The van der Waals surface area contributed by atoms with Gasteiger partial charge in [0.05, 0.1) is 11.3 Å². The third kappa shape index (κ3) is 4.91. The van der Waals surface area contributed by atoms with Gasteiger partial charge in [0.15, 0.2) is 5.78 Å². The Morgan fingerprint density at radius 2 is 2.08 bits per heavy atom. The monoisotopic (exact) mass is 352 g/mol. The van der Waals surface area contributed by atoms with Crippen LogP contribution in [0.4, 0.5) is 0 Å².